The van der Waals surface area contributed by atoms with E-state index >= 15 is 0 Å². The van der Waals surface area contributed by atoms with Gasteiger partial charge in [-0.3, -0.25) is 0 Å². The summed E-state index contributed by atoms with van der Waals surface area (Å²) < 4.78 is 0. The summed E-state index contributed by atoms with van der Waals surface area (Å²) in [6.07, 6.45) is -0.489. The van der Waals surface area contributed by atoms with Gasteiger partial charge < -0.3 is 25.5 Å². The van der Waals surface area contributed by atoms with Crippen LogP contribution in [0.4, 0.5) is 0 Å². The zero-order valence-electron chi connectivity index (χ0n) is 10.6. The first-order valence-electron chi connectivity index (χ1n) is 5.88. The molecule has 0 spiro atoms. The Balaban J connectivity index is 3.92. The maximum Gasteiger partial charge on any atom is 0.0791 e. The number of hydrogen-bond donors (Lipinski definition) is 4. The van der Waals surface area contributed by atoms with E-state index in [0.717, 1.165) is 13.1 Å². The number of β-amino-alcohol motifs (C(OH)–C–C–N with tert-alkyl or cyclic N) is 1. The van der Waals surface area contributed by atoms with E-state index in [-0.39, 0.29) is 13.2 Å². The van der Waals surface area contributed by atoms with E-state index in [2.05, 4.69) is 24.1 Å². The van der Waals surface area contributed by atoms with Gasteiger partial charge in [-0.15, -0.1) is 0 Å². The average Bonchev–Trinajstić information content (AvgIpc) is 2.33. The highest BCUT2D eigenvalue weighted by Gasteiger charge is 2.22. The second-order valence-corrected chi connectivity index (χ2v) is 4.40. The standard InChI is InChI=1S/C11H26N2O3/c1-4-13(5-2)7-10(16)6-12-11(3,8-14)9-15/h10,12,14-16H,4-9H2,1-3H3. The molecule has 0 amide bonds. The molecule has 0 saturated carbocycles. The predicted octanol–water partition coefficient (Wildman–Crippen LogP) is -0.978. The van der Waals surface area contributed by atoms with Crippen LogP contribution in [0.2, 0.25) is 0 Å². The van der Waals surface area contributed by atoms with Crippen LogP contribution in [-0.4, -0.2) is 71.3 Å². The third-order valence-corrected chi connectivity index (χ3v) is 2.83. The lowest BCUT2D eigenvalue weighted by Gasteiger charge is -2.29. The van der Waals surface area contributed by atoms with Gasteiger partial charge in [-0.1, -0.05) is 13.8 Å². The molecule has 98 valence electrons. The van der Waals surface area contributed by atoms with Gasteiger partial charge in [0.1, 0.15) is 0 Å². The molecule has 0 aliphatic carbocycles. The van der Waals surface area contributed by atoms with E-state index in [1.54, 1.807) is 6.92 Å². The second kappa shape index (κ2) is 7.97. The Morgan fingerprint density at radius 2 is 1.69 bits per heavy atom. The zero-order chi connectivity index (χ0) is 12.6. The fourth-order valence-corrected chi connectivity index (χ4v) is 1.37. The molecule has 0 aromatic carbocycles. The smallest absolute Gasteiger partial charge is 0.0791 e. The van der Waals surface area contributed by atoms with Gasteiger partial charge in [0.15, 0.2) is 0 Å². The topological polar surface area (TPSA) is 76.0 Å². The minimum atomic E-state index is -0.718. The molecule has 5 nitrogen and oxygen atoms in total. The van der Waals surface area contributed by atoms with Crippen molar-refractivity contribution in [2.24, 2.45) is 0 Å². The molecular weight excluding hydrogens is 208 g/mol. The van der Waals surface area contributed by atoms with E-state index in [1.165, 1.54) is 0 Å². The van der Waals surface area contributed by atoms with Crippen molar-refractivity contribution in [2.75, 3.05) is 39.4 Å². The van der Waals surface area contributed by atoms with Gasteiger partial charge >= 0.3 is 0 Å². The number of rotatable bonds is 9. The van der Waals surface area contributed by atoms with Crippen molar-refractivity contribution in [3.05, 3.63) is 0 Å². The molecule has 0 fully saturated rings. The Bertz CT molecular complexity index is 171. The molecule has 0 rings (SSSR count). The summed E-state index contributed by atoms with van der Waals surface area (Å²) in [5.41, 5.74) is -0.718. The zero-order valence-corrected chi connectivity index (χ0v) is 10.6. The highest BCUT2D eigenvalue weighted by Crippen LogP contribution is 2.01. The summed E-state index contributed by atoms with van der Waals surface area (Å²) in [4.78, 5) is 2.13. The minimum absolute atomic E-state index is 0.151. The van der Waals surface area contributed by atoms with Crippen molar-refractivity contribution in [1.29, 1.82) is 0 Å². The minimum Gasteiger partial charge on any atom is -0.394 e. The highest BCUT2D eigenvalue weighted by molar-refractivity contribution is 4.82. The average molecular weight is 234 g/mol. The van der Waals surface area contributed by atoms with Crippen LogP contribution < -0.4 is 5.32 Å². The SMILES string of the molecule is CCN(CC)CC(O)CNC(C)(CO)CO. The van der Waals surface area contributed by atoms with Gasteiger partial charge in [0.05, 0.1) is 24.9 Å². The Morgan fingerprint density at radius 1 is 1.19 bits per heavy atom. The number of nitrogens with one attached hydrogen (secondary N) is 1. The molecule has 16 heavy (non-hydrogen) atoms. The normalized spacial score (nSPS) is 14.4. The Hall–Kier alpha value is -0.200. The summed E-state index contributed by atoms with van der Waals surface area (Å²) in [6, 6.07) is 0. The number of likely N-dealkylation sites (N-methyl/N-ethyl adjacent to an activating group) is 1. The molecule has 0 saturated heterocycles. The first-order valence-corrected chi connectivity index (χ1v) is 5.88. The number of nitrogens with zero attached hydrogens (tertiary/aromatic N) is 1. The van der Waals surface area contributed by atoms with Crippen molar-refractivity contribution < 1.29 is 15.3 Å². The van der Waals surface area contributed by atoms with E-state index in [0.29, 0.717) is 13.1 Å². The van der Waals surface area contributed by atoms with E-state index in [1.807, 2.05) is 0 Å². The van der Waals surface area contributed by atoms with Gasteiger partial charge in [-0.25, -0.2) is 0 Å². The largest absolute Gasteiger partial charge is 0.394 e. The fraction of sp³-hybridized carbons (Fsp3) is 1.00. The van der Waals surface area contributed by atoms with Gasteiger partial charge in [0.25, 0.3) is 0 Å². The van der Waals surface area contributed by atoms with Crippen molar-refractivity contribution in [2.45, 2.75) is 32.4 Å². The van der Waals surface area contributed by atoms with Crippen LogP contribution in [0.25, 0.3) is 0 Å². The Kier molecular flexibility index (Phi) is 7.87. The molecule has 1 atom stereocenters. The molecule has 0 bridgehead atoms. The molecule has 0 aromatic rings. The maximum atomic E-state index is 9.77. The van der Waals surface area contributed by atoms with Crippen molar-refractivity contribution in [3.8, 4) is 0 Å². The fourth-order valence-electron chi connectivity index (χ4n) is 1.37. The monoisotopic (exact) mass is 234 g/mol. The van der Waals surface area contributed by atoms with Crippen LogP contribution in [0.15, 0.2) is 0 Å². The summed E-state index contributed by atoms with van der Waals surface area (Å²) in [5, 5.41) is 30.9. The summed E-state index contributed by atoms with van der Waals surface area (Å²) in [5.74, 6) is 0. The lowest BCUT2D eigenvalue weighted by Crippen LogP contribution is -2.52. The second-order valence-electron chi connectivity index (χ2n) is 4.40. The summed E-state index contributed by atoms with van der Waals surface area (Å²) in [6.45, 7) is 8.31. The molecule has 4 N–H and O–H groups in total. The molecule has 1 unspecified atom stereocenters. The quantitative estimate of drug-likeness (QED) is 0.413. The van der Waals surface area contributed by atoms with Crippen molar-refractivity contribution >= 4 is 0 Å². The summed E-state index contributed by atoms with van der Waals surface area (Å²) in [7, 11) is 0. The lowest BCUT2D eigenvalue weighted by molar-refractivity contribution is 0.0715. The highest BCUT2D eigenvalue weighted by atomic mass is 16.3. The Morgan fingerprint density at radius 3 is 2.06 bits per heavy atom. The molecule has 0 aromatic heterocycles. The van der Waals surface area contributed by atoms with Gasteiger partial charge in [-0.05, 0) is 20.0 Å². The Labute approximate surface area is 98.1 Å². The van der Waals surface area contributed by atoms with Gasteiger partial charge in [0.2, 0.25) is 0 Å². The number of aliphatic hydroxyl groups is 3. The molecular formula is C11H26N2O3. The number of hydrogen-bond acceptors (Lipinski definition) is 5. The molecule has 0 radical (unpaired) electrons. The molecule has 0 heterocycles. The number of aliphatic hydroxyl groups excluding tert-OH is 3. The van der Waals surface area contributed by atoms with Crippen LogP contribution in [0, 0.1) is 0 Å². The van der Waals surface area contributed by atoms with E-state index in [9.17, 15) is 5.11 Å². The van der Waals surface area contributed by atoms with Gasteiger partial charge in [0, 0.05) is 13.1 Å². The summed E-state index contributed by atoms with van der Waals surface area (Å²) >= 11 is 0. The van der Waals surface area contributed by atoms with Crippen LogP contribution >= 0.6 is 0 Å². The molecule has 0 aliphatic heterocycles. The van der Waals surface area contributed by atoms with Crippen molar-refractivity contribution in [1.82, 2.24) is 10.2 Å². The molecule has 5 heteroatoms. The van der Waals surface area contributed by atoms with Gasteiger partial charge in [-0.2, -0.15) is 0 Å². The third kappa shape index (κ3) is 5.77. The van der Waals surface area contributed by atoms with Crippen LogP contribution in [0.5, 0.6) is 0 Å². The maximum absolute atomic E-state index is 9.77. The van der Waals surface area contributed by atoms with Crippen LogP contribution in [0.3, 0.4) is 0 Å². The third-order valence-electron chi connectivity index (χ3n) is 2.83. The van der Waals surface area contributed by atoms with Crippen LogP contribution in [-0.2, 0) is 0 Å². The predicted molar refractivity (Wildman–Crippen MR) is 64.4 cm³/mol. The lowest BCUT2D eigenvalue weighted by atomic mass is 10.1. The molecule has 0 aliphatic rings. The van der Waals surface area contributed by atoms with E-state index in [4.69, 9.17) is 10.2 Å². The van der Waals surface area contributed by atoms with Crippen molar-refractivity contribution in [3.63, 3.8) is 0 Å². The first kappa shape index (κ1) is 15.8. The van der Waals surface area contributed by atoms with Crippen LogP contribution in [0.1, 0.15) is 20.8 Å². The first-order chi connectivity index (χ1) is 7.51. The van der Waals surface area contributed by atoms with E-state index < -0.39 is 11.6 Å².